The van der Waals surface area contributed by atoms with Crippen molar-refractivity contribution in [1.29, 1.82) is 0 Å². The van der Waals surface area contributed by atoms with Gasteiger partial charge in [-0.05, 0) is 12.1 Å². The number of rotatable bonds is 11. The lowest BCUT2D eigenvalue weighted by molar-refractivity contribution is -0.480. The molecule has 1 atom stereocenters. The van der Waals surface area contributed by atoms with E-state index in [9.17, 15) is 105 Å². The molecule has 2 nitrogen and oxygen atoms in total. The molecule has 0 saturated carbocycles. The number of alkyl halides is 24. The third-order valence-corrected chi connectivity index (χ3v) is 5.33. The number of nitrogens with one attached hydrogen (secondary N) is 1. The maximum absolute atomic E-state index is 14.9. The highest BCUT2D eigenvalue weighted by Gasteiger charge is 2.99. The first-order valence-electron chi connectivity index (χ1n) is 9.25. The van der Waals surface area contributed by atoms with Crippen LogP contribution < -0.4 is 0 Å². The van der Waals surface area contributed by atoms with Gasteiger partial charge in [0.05, 0.1) is 5.69 Å². The van der Waals surface area contributed by atoms with Crippen LogP contribution >= 0.6 is 0 Å². The second-order valence-corrected chi connectivity index (χ2v) is 7.95. The average molecular weight is 683 g/mol. The van der Waals surface area contributed by atoms with Crippen molar-refractivity contribution in [3.8, 4) is 0 Å². The molecule has 0 amide bonds. The third kappa shape index (κ3) is 4.18. The van der Waals surface area contributed by atoms with E-state index >= 15 is 0 Å². The number of H-pyrrole nitrogens is 1. The molecule has 1 heterocycles. The Morgan fingerprint density at radius 3 is 0.929 bits per heavy atom. The maximum Gasteiger partial charge on any atom is 0.460 e. The lowest BCUT2D eigenvalue weighted by Gasteiger charge is -2.47. The molecule has 42 heavy (non-hydrogen) atoms. The highest BCUT2D eigenvalue weighted by atomic mass is 19.4. The van der Waals surface area contributed by atoms with Gasteiger partial charge in [0.1, 0.15) is 0 Å². The highest BCUT2D eigenvalue weighted by molar-refractivity contribution is 5.29. The Balaban J connectivity index is 4.08. The van der Waals surface area contributed by atoms with Crippen molar-refractivity contribution < 1.29 is 110 Å². The zero-order chi connectivity index (χ0) is 34.4. The summed E-state index contributed by atoms with van der Waals surface area (Å²) >= 11 is 0. The van der Waals surface area contributed by atoms with E-state index in [1.54, 1.807) is 0 Å². The zero-order valence-corrected chi connectivity index (χ0v) is 18.3. The van der Waals surface area contributed by atoms with Gasteiger partial charge in [-0.3, -0.25) is 0 Å². The lowest BCUT2D eigenvalue weighted by Crippen LogP contribution is -2.78. The van der Waals surface area contributed by atoms with E-state index in [0.717, 1.165) is 0 Å². The van der Waals surface area contributed by atoms with Crippen molar-refractivity contribution >= 4 is 0 Å². The fourth-order valence-electron chi connectivity index (χ4n) is 2.86. The summed E-state index contributed by atoms with van der Waals surface area (Å²) in [6.07, 6.45) is -15.7. The summed E-state index contributed by atoms with van der Waals surface area (Å²) in [5.74, 6) is -81.4. The van der Waals surface area contributed by atoms with E-state index < -0.39 is 83.0 Å². The summed E-state index contributed by atoms with van der Waals surface area (Å²) in [5, 5.41) is 8.02. The maximum atomic E-state index is 14.9. The number of hydrogen-bond donors (Lipinski definition) is 2. The molecular weight excluding hydrogens is 678 g/mol. The molecule has 248 valence electrons. The van der Waals surface area contributed by atoms with E-state index in [1.165, 1.54) is 0 Å². The van der Waals surface area contributed by atoms with Crippen LogP contribution in [0.3, 0.4) is 0 Å². The van der Waals surface area contributed by atoms with Crippen molar-refractivity contribution in [2.75, 3.05) is 0 Å². The van der Waals surface area contributed by atoms with Crippen molar-refractivity contribution in [3.05, 3.63) is 24.0 Å². The van der Waals surface area contributed by atoms with Gasteiger partial charge in [-0.2, -0.15) is 101 Å². The van der Waals surface area contributed by atoms with E-state index in [1.807, 2.05) is 0 Å². The molecule has 0 aliphatic carbocycles. The minimum atomic E-state index is -9.50. The summed E-state index contributed by atoms with van der Waals surface area (Å²) < 4.78 is 323. The molecular formula is C16H5F24NO. The van der Waals surface area contributed by atoms with E-state index in [4.69, 9.17) is 5.11 Å². The smallest absolute Gasteiger partial charge is 0.362 e. The normalized spacial score (nSPS) is 17.8. The number of aromatic nitrogens is 1. The summed E-state index contributed by atoms with van der Waals surface area (Å²) in [7, 11) is 0. The fraction of sp³-hybridized carbons (Fsp3) is 0.750. The Kier molecular flexibility index (Phi) is 8.31. The average Bonchev–Trinajstić information content (AvgIpc) is 3.30. The molecule has 0 spiro atoms. The van der Waals surface area contributed by atoms with Gasteiger partial charge in [-0.1, -0.05) is 0 Å². The first-order chi connectivity index (χ1) is 17.9. The highest BCUT2D eigenvalue weighted by Crippen LogP contribution is 2.68. The molecule has 1 rings (SSSR count). The van der Waals surface area contributed by atoms with Gasteiger partial charge in [-0.15, -0.1) is 0 Å². The van der Waals surface area contributed by atoms with Gasteiger partial charge in [0.25, 0.3) is 5.67 Å². The van der Waals surface area contributed by atoms with Gasteiger partial charge in [0.2, 0.25) is 0 Å². The molecule has 26 heteroatoms. The van der Waals surface area contributed by atoms with Crippen molar-refractivity contribution in [2.45, 2.75) is 71.3 Å². The number of aromatic amines is 1. The standard InChI is InChI=1S/C16H5F24NO/c17-5(4-2-1-3-41-4,7(20,21)16(39,40)42)6(18,19)8(22,23)9(24,25)10(26,27)11(28,29)12(30,31)13(32,33)14(34,35)15(36,37)38/h1-3,41-42H. The molecule has 2 N–H and O–H groups in total. The molecule has 0 aliphatic rings. The van der Waals surface area contributed by atoms with E-state index in [-0.39, 0.29) is 12.3 Å². The van der Waals surface area contributed by atoms with E-state index in [0.29, 0.717) is 4.98 Å². The zero-order valence-electron chi connectivity index (χ0n) is 18.3. The number of hydrogen-bond acceptors (Lipinski definition) is 1. The molecule has 0 fully saturated rings. The van der Waals surface area contributed by atoms with Crippen LogP contribution in [0.25, 0.3) is 0 Å². The Morgan fingerprint density at radius 2 is 0.690 bits per heavy atom. The van der Waals surface area contributed by atoms with Gasteiger partial charge in [0.15, 0.2) is 0 Å². The summed E-state index contributed by atoms with van der Waals surface area (Å²) in [5.41, 5.74) is -10.9. The fourth-order valence-corrected chi connectivity index (χ4v) is 2.86. The number of aliphatic hydroxyl groups is 1. The largest absolute Gasteiger partial charge is 0.460 e. The van der Waals surface area contributed by atoms with E-state index in [2.05, 4.69) is 0 Å². The SMILES string of the molecule is OC(F)(F)C(F)(F)C(F)(c1ccc[nH]1)C(F)(F)C(F)(F)C(F)(F)C(F)(F)C(F)(F)C(F)(F)C(F)(F)C(F)(F)C(F)(F)F. The predicted molar refractivity (Wildman–Crippen MR) is 81.3 cm³/mol. The second kappa shape index (κ2) is 9.28. The topological polar surface area (TPSA) is 36.0 Å². The predicted octanol–water partition coefficient (Wildman–Crippen LogP) is 8.04. The van der Waals surface area contributed by atoms with Crippen LogP contribution in [0.1, 0.15) is 5.69 Å². The molecule has 0 saturated heterocycles. The Bertz CT molecular complexity index is 1110. The van der Waals surface area contributed by atoms with Crippen LogP contribution in [0.4, 0.5) is 105 Å². The van der Waals surface area contributed by atoms with Crippen LogP contribution in [-0.4, -0.2) is 75.7 Å². The molecule has 1 aromatic heterocycles. The Labute approximate surface area is 212 Å². The molecule has 0 aromatic carbocycles. The first-order valence-corrected chi connectivity index (χ1v) is 9.25. The van der Waals surface area contributed by atoms with Crippen LogP contribution in [0.15, 0.2) is 18.3 Å². The van der Waals surface area contributed by atoms with Crippen molar-refractivity contribution in [2.24, 2.45) is 0 Å². The lowest BCUT2D eigenvalue weighted by atomic mass is 9.78. The van der Waals surface area contributed by atoms with Crippen molar-refractivity contribution in [3.63, 3.8) is 0 Å². The van der Waals surface area contributed by atoms with Gasteiger partial charge in [-0.25, -0.2) is 4.39 Å². The Morgan fingerprint density at radius 1 is 0.405 bits per heavy atom. The van der Waals surface area contributed by atoms with Gasteiger partial charge >= 0.3 is 65.6 Å². The van der Waals surface area contributed by atoms with Crippen LogP contribution in [0.5, 0.6) is 0 Å². The van der Waals surface area contributed by atoms with Crippen molar-refractivity contribution in [1.82, 2.24) is 4.98 Å². The van der Waals surface area contributed by atoms with Crippen LogP contribution in [-0.2, 0) is 5.67 Å². The number of halogens is 24. The molecule has 0 radical (unpaired) electrons. The molecule has 0 aliphatic heterocycles. The molecule has 1 aromatic rings. The van der Waals surface area contributed by atoms with Gasteiger partial charge < -0.3 is 10.1 Å². The monoisotopic (exact) mass is 683 g/mol. The Hall–Kier alpha value is -2.44. The minimum Gasteiger partial charge on any atom is -0.362 e. The van der Waals surface area contributed by atoms with Gasteiger partial charge in [0, 0.05) is 6.20 Å². The quantitative estimate of drug-likeness (QED) is 0.228. The summed E-state index contributed by atoms with van der Waals surface area (Å²) in [6, 6.07) is -0.851. The minimum absolute atomic E-state index is 0.0894. The first kappa shape index (κ1) is 37.6. The third-order valence-electron chi connectivity index (χ3n) is 5.33. The molecule has 1 unspecified atom stereocenters. The second-order valence-electron chi connectivity index (χ2n) is 7.95. The summed E-state index contributed by atoms with van der Waals surface area (Å²) in [6.45, 7) is 0. The molecule has 0 bridgehead atoms. The van der Waals surface area contributed by atoms with Crippen LogP contribution in [0.2, 0.25) is 0 Å². The van der Waals surface area contributed by atoms with Crippen LogP contribution in [0, 0.1) is 0 Å². The summed E-state index contributed by atoms with van der Waals surface area (Å²) in [4.78, 5) is 0.627.